The van der Waals surface area contributed by atoms with E-state index in [1.54, 1.807) is 6.08 Å². The van der Waals surface area contributed by atoms with Crippen molar-refractivity contribution >= 4 is 11.9 Å². The van der Waals surface area contributed by atoms with Crippen LogP contribution in [-0.4, -0.2) is 100 Å². The first-order valence-electron chi connectivity index (χ1n) is 31.3. The van der Waals surface area contributed by atoms with Crippen LogP contribution in [0.25, 0.3) is 0 Å². The number of unbranched alkanes of at least 4 members (excludes halogenated alkanes) is 36. The van der Waals surface area contributed by atoms with E-state index in [1.165, 1.54) is 193 Å². The lowest BCUT2D eigenvalue weighted by Crippen LogP contribution is -2.60. The van der Waals surface area contributed by atoms with Crippen LogP contribution in [0.2, 0.25) is 0 Å². The third-order valence-corrected chi connectivity index (χ3v) is 14.7. The van der Waals surface area contributed by atoms with Crippen LogP contribution in [0.4, 0.5) is 0 Å². The molecule has 0 spiro atoms. The van der Waals surface area contributed by atoms with Gasteiger partial charge in [0, 0.05) is 12.8 Å². The highest BCUT2D eigenvalue weighted by Gasteiger charge is 2.44. The highest BCUT2D eigenvalue weighted by molar-refractivity contribution is 5.76. The second kappa shape index (κ2) is 52.9. The van der Waals surface area contributed by atoms with E-state index in [0.717, 1.165) is 70.6 Å². The number of allylic oxidation sites excluding steroid dienone is 5. The van der Waals surface area contributed by atoms with Crippen molar-refractivity contribution in [3.8, 4) is 0 Å². The maximum atomic E-state index is 13.0. The smallest absolute Gasteiger partial charge is 0.305 e. The van der Waals surface area contributed by atoms with Gasteiger partial charge in [-0.15, -0.1) is 0 Å². The molecule has 7 unspecified atom stereocenters. The molecule has 0 radical (unpaired) electrons. The molecule has 0 aromatic heterocycles. The second-order valence-electron chi connectivity index (χ2n) is 21.8. The summed E-state index contributed by atoms with van der Waals surface area (Å²) in [6, 6.07) is -0.832. The van der Waals surface area contributed by atoms with Crippen molar-refractivity contribution in [3.05, 3.63) is 36.5 Å². The SMILES string of the molecule is CCCCCCCCC/C=C/CC/C=C/C(O)C(COC1OC(CO)C(O)C(O)C1O)NC(=O)CCCCCCCCC/C=C\CCCCCCCCCCCCCOC(=O)CCCCCCCCCCCCC. The fraction of sp³-hybridized carbons (Fsp3) is 0.873. The molecule has 1 amide bonds. The maximum absolute atomic E-state index is 13.0. The quantitative estimate of drug-likeness (QED) is 0.0195. The van der Waals surface area contributed by atoms with Gasteiger partial charge in [0.25, 0.3) is 0 Å². The Labute approximate surface area is 453 Å². The van der Waals surface area contributed by atoms with Gasteiger partial charge in [0.2, 0.25) is 5.91 Å². The molecule has 1 rings (SSSR count). The Kier molecular flexibility index (Phi) is 50.0. The zero-order valence-corrected chi connectivity index (χ0v) is 47.8. The van der Waals surface area contributed by atoms with Crippen LogP contribution < -0.4 is 5.32 Å². The number of ether oxygens (including phenoxy) is 3. The normalized spacial score (nSPS) is 19.0. The Bertz CT molecular complexity index is 1320. The number of aliphatic hydroxyl groups is 5. The van der Waals surface area contributed by atoms with Gasteiger partial charge in [0.15, 0.2) is 6.29 Å². The summed E-state index contributed by atoms with van der Waals surface area (Å²) < 4.78 is 16.7. The van der Waals surface area contributed by atoms with Gasteiger partial charge >= 0.3 is 5.97 Å². The number of hydrogen-bond acceptors (Lipinski definition) is 10. The lowest BCUT2D eigenvalue weighted by atomic mass is 9.99. The summed E-state index contributed by atoms with van der Waals surface area (Å²) in [5, 5.41) is 54.4. The van der Waals surface area contributed by atoms with Crippen LogP contribution in [0, 0.1) is 0 Å². The van der Waals surface area contributed by atoms with E-state index in [1.807, 2.05) is 6.08 Å². The fourth-order valence-corrected chi connectivity index (χ4v) is 9.74. The average molecular weight is 1050 g/mol. The van der Waals surface area contributed by atoms with Gasteiger partial charge < -0.3 is 45.1 Å². The van der Waals surface area contributed by atoms with Crippen LogP contribution >= 0.6 is 0 Å². The molecule has 11 nitrogen and oxygen atoms in total. The van der Waals surface area contributed by atoms with Gasteiger partial charge in [-0.2, -0.15) is 0 Å². The topological polar surface area (TPSA) is 175 Å². The number of hydrogen-bond donors (Lipinski definition) is 6. The molecule has 1 fully saturated rings. The zero-order valence-electron chi connectivity index (χ0n) is 47.8. The van der Waals surface area contributed by atoms with Crippen LogP contribution in [-0.2, 0) is 23.8 Å². The second-order valence-corrected chi connectivity index (χ2v) is 21.8. The first-order chi connectivity index (χ1) is 36.2. The summed E-state index contributed by atoms with van der Waals surface area (Å²) in [5.41, 5.74) is 0. The summed E-state index contributed by atoms with van der Waals surface area (Å²) in [4.78, 5) is 25.1. The highest BCUT2D eigenvalue weighted by Crippen LogP contribution is 2.23. The Balaban J connectivity index is 2.08. The summed E-state index contributed by atoms with van der Waals surface area (Å²) in [5.74, 6) is -0.202. The predicted molar refractivity (Wildman–Crippen MR) is 306 cm³/mol. The van der Waals surface area contributed by atoms with Crippen molar-refractivity contribution < 1.29 is 49.3 Å². The largest absolute Gasteiger partial charge is 0.466 e. The number of nitrogens with one attached hydrogen (secondary N) is 1. The fourth-order valence-electron chi connectivity index (χ4n) is 9.74. The van der Waals surface area contributed by atoms with Gasteiger partial charge in [0.1, 0.15) is 24.4 Å². The highest BCUT2D eigenvalue weighted by atomic mass is 16.7. The molecule has 1 heterocycles. The molecule has 0 bridgehead atoms. The van der Waals surface area contributed by atoms with Gasteiger partial charge in [-0.05, 0) is 70.6 Å². The molecular weight excluding hydrogens is 931 g/mol. The van der Waals surface area contributed by atoms with Crippen LogP contribution in [0.5, 0.6) is 0 Å². The lowest BCUT2D eigenvalue weighted by molar-refractivity contribution is -0.302. The summed E-state index contributed by atoms with van der Waals surface area (Å²) >= 11 is 0. The van der Waals surface area contributed by atoms with Crippen molar-refractivity contribution in [2.24, 2.45) is 0 Å². The Morgan fingerprint density at radius 2 is 0.878 bits per heavy atom. The zero-order chi connectivity index (χ0) is 53.8. The molecule has 0 aromatic rings. The van der Waals surface area contributed by atoms with Crippen molar-refractivity contribution in [1.29, 1.82) is 0 Å². The standard InChI is InChI=1S/C63H117NO10/c1-3-5-7-9-11-13-15-26-30-33-37-41-45-49-56(66)55(54-73-63-62(71)61(70)60(69)57(53-65)74-63)64-58(67)50-46-42-38-34-31-27-24-22-20-18-16-17-19-21-23-25-28-32-36-40-44-48-52-72-59(68)51-47-43-39-35-29-14-12-10-8-6-4-2/h18,20,30,33,45,49,55-57,60-63,65-66,69-71H,3-17,19,21-29,31-32,34-44,46-48,50-54H2,1-2H3,(H,64,67)/b20-18-,33-30+,49-45+. The van der Waals surface area contributed by atoms with E-state index in [0.29, 0.717) is 19.4 Å². The minimum absolute atomic E-state index is 0.00332. The summed E-state index contributed by atoms with van der Waals surface area (Å²) in [6.45, 7) is 4.32. The molecule has 11 heteroatoms. The number of carbonyl (C=O) groups is 2. The molecule has 1 aliphatic heterocycles. The van der Waals surface area contributed by atoms with E-state index in [4.69, 9.17) is 14.2 Å². The van der Waals surface area contributed by atoms with E-state index >= 15 is 0 Å². The van der Waals surface area contributed by atoms with Crippen LogP contribution in [0.3, 0.4) is 0 Å². The van der Waals surface area contributed by atoms with Gasteiger partial charge in [0.05, 0.1) is 32.0 Å². The van der Waals surface area contributed by atoms with Gasteiger partial charge in [-0.25, -0.2) is 0 Å². The van der Waals surface area contributed by atoms with Crippen molar-refractivity contribution in [2.75, 3.05) is 19.8 Å². The maximum Gasteiger partial charge on any atom is 0.305 e. The van der Waals surface area contributed by atoms with E-state index in [9.17, 15) is 35.1 Å². The number of amides is 1. The summed E-state index contributed by atoms with van der Waals surface area (Å²) in [7, 11) is 0. The van der Waals surface area contributed by atoms with Gasteiger partial charge in [-0.1, -0.05) is 243 Å². The first kappa shape index (κ1) is 69.9. The van der Waals surface area contributed by atoms with Crippen molar-refractivity contribution in [3.63, 3.8) is 0 Å². The third kappa shape index (κ3) is 42.0. The number of rotatable bonds is 54. The summed E-state index contributed by atoms with van der Waals surface area (Å²) in [6.07, 6.45) is 55.3. The molecule has 434 valence electrons. The Morgan fingerprint density at radius 1 is 0.486 bits per heavy atom. The number of carbonyl (C=O) groups excluding carboxylic acids is 2. The monoisotopic (exact) mass is 1050 g/mol. The molecule has 1 saturated heterocycles. The Morgan fingerprint density at radius 3 is 1.34 bits per heavy atom. The third-order valence-electron chi connectivity index (χ3n) is 14.7. The number of esters is 1. The van der Waals surface area contributed by atoms with E-state index in [-0.39, 0.29) is 18.5 Å². The Hall–Kier alpha value is -2.12. The molecule has 0 saturated carbocycles. The van der Waals surface area contributed by atoms with Crippen LogP contribution in [0.15, 0.2) is 36.5 Å². The molecule has 74 heavy (non-hydrogen) atoms. The average Bonchev–Trinajstić information content (AvgIpc) is 3.40. The molecule has 0 aliphatic carbocycles. The number of aliphatic hydroxyl groups excluding tert-OH is 5. The van der Waals surface area contributed by atoms with Crippen molar-refractivity contribution in [2.45, 2.75) is 333 Å². The lowest BCUT2D eigenvalue weighted by Gasteiger charge is -2.40. The molecule has 0 aromatic carbocycles. The minimum Gasteiger partial charge on any atom is -0.466 e. The van der Waals surface area contributed by atoms with Crippen molar-refractivity contribution in [1.82, 2.24) is 5.32 Å². The predicted octanol–water partition coefficient (Wildman–Crippen LogP) is 14.7. The van der Waals surface area contributed by atoms with Gasteiger partial charge in [-0.3, -0.25) is 9.59 Å². The van der Waals surface area contributed by atoms with E-state index < -0.39 is 49.5 Å². The molecule has 6 N–H and O–H groups in total. The molecule has 7 atom stereocenters. The van der Waals surface area contributed by atoms with E-state index in [2.05, 4.69) is 43.5 Å². The minimum atomic E-state index is -1.58. The van der Waals surface area contributed by atoms with Crippen LogP contribution in [0.1, 0.15) is 290 Å². The first-order valence-corrected chi connectivity index (χ1v) is 31.3. The molecular formula is C63H117NO10. The molecule has 1 aliphatic rings.